The van der Waals surface area contributed by atoms with Crippen LogP contribution in [0.15, 0.2) is 6.07 Å². The molecular weight excluding hydrogens is 284 g/mol. The van der Waals surface area contributed by atoms with Crippen molar-refractivity contribution in [3.8, 4) is 11.5 Å². The van der Waals surface area contributed by atoms with Gasteiger partial charge in [0.2, 0.25) is 0 Å². The lowest BCUT2D eigenvalue weighted by Crippen LogP contribution is -2.40. The second-order valence-electron chi connectivity index (χ2n) is 4.52. The smallest absolute Gasteiger partial charge is 0.326 e. The first-order valence-corrected chi connectivity index (χ1v) is 7.13. The second-order valence-corrected chi connectivity index (χ2v) is 4.52. The number of guanidine groups is 1. The Balaban J connectivity index is 3.29. The van der Waals surface area contributed by atoms with E-state index in [0.29, 0.717) is 30.0 Å². The molecule has 7 heteroatoms. The summed E-state index contributed by atoms with van der Waals surface area (Å²) < 4.78 is 10.8. The lowest BCUT2D eigenvalue weighted by Gasteiger charge is -2.20. The Hall–Kier alpha value is -2.44. The average molecular weight is 308 g/mol. The molecule has 1 aromatic carbocycles. The summed E-state index contributed by atoms with van der Waals surface area (Å²) in [6.07, 6.45) is 1.39. The van der Waals surface area contributed by atoms with Crippen molar-refractivity contribution < 1.29 is 14.3 Å². The van der Waals surface area contributed by atoms with Crippen molar-refractivity contribution in [2.45, 2.75) is 26.7 Å². The quantitative estimate of drug-likeness (QED) is 0.495. The summed E-state index contributed by atoms with van der Waals surface area (Å²) in [5.41, 5.74) is 2.46. The number of benzene rings is 1. The summed E-state index contributed by atoms with van der Waals surface area (Å²) in [6, 6.07) is 1.34. The van der Waals surface area contributed by atoms with Crippen LogP contribution in [-0.2, 0) is 12.8 Å². The van der Waals surface area contributed by atoms with Gasteiger partial charge in [0.25, 0.3) is 0 Å². The van der Waals surface area contributed by atoms with Crippen molar-refractivity contribution in [1.29, 1.82) is 5.41 Å². The highest BCUT2D eigenvalue weighted by molar-refractivity contribution is 6.02. The Bertz CT molecular complexity index is 528. The largest absolute Gasteiger partial charge is 0.496 e. The van der Waals surface area contributed by atoms with Crippen molar-refractivity contribution in [2.75, 3.05) is 26.6 Å². The van der Waals surface area contributed by atoms with Gasteiger partial charge in [0.1, 0.15) is 11.5 Å². The summed E-state index contributed by atoms with van der Waals surface area (Å²) in [5.74, 6) is 1.24. The normalized spacial score (nSPS) is 9.86. The summed E-state index contributed by atoms with van der Waals surface area (Å²) in [7, 11) is 4.73. The minimum atomic E-state index is -0.487. The van der Waals surface area contributed by atoms with Gasteiger partial charge in [-0.2, -0.15) is 0 Å². The van der Waals surface area contributed by atoms with Gasteiger partial charge in [0.15, 0.2) is 5.96 Å². The van der Waals surface area contributed by atoms with E-state index in [9.17, 15) is 4.79 Å². The number of ether oxygens (including phenoxy) is 2. The van der Waals surface area contributed by atoms with E-state index >= 15 is 0 Å². The summed E-state index contributed by atoms with van der Waals surface area (Å²) >= 11 is 0. The molecule has 0 saturated heterocycles. The van der Waals surface area contributed by atoms with Crippen LogP contribution in [0.4, 0.5) is 10.5 Å². The van der Waals surface area contributed by atoms with Crippen molar-refractivity contribution in [1.82, 2.24) is 10.6 Å². The van der Waals surface area contributed by atoms with Crippen LogP contribution in [0.2, 0.25) is 0 Å². The van der Waals surface area contributed by atoms with Gasteiger partial charge >= 0.3 is 6.03 Å². The van der Waals surface area contributed by atoms with Gasteiger partial charge in [-0.15, -0.1) is 0 Å². The van der Waals surface area contributed by atoms with Gasteiger partial charge in [0.05, 0.1) is 19.9 Å². The van der Waals surface area contributed by atoms with E-state index in [1.807, 2.05) is 19.9 Å². The molecule has 0 saturated carbocycles. The minimum Gasteiger partial charge on any atom is -0.496 e. The van der Waals surface area contributed by atoms with E-state index in [1.165, 1.54) is 0 Å². The first-order valence-electron chi connectivity index (χ1n) is 7.13. The van der Waals surface area contributed by atoms with Crippen LogP contribution in [-0.4, -0.2) is 33.3 Å². The van der Waals surface area contributed by atoms with Crippen LogP contribution < -0.4 is 25.4 Å². The third-order valence-corrected chi connectivity index (χ3v) is 3.33. The molecule has 2 amide bonds. The Labute approximate surface area is 130 Å². The van der Waals surface area contributed by atoms with E-state index in [1.54, 1.807) is 21.3 Å². The molecule has 0 aromatic heterocycles. The standard InChI is InChI=1S/C15H24N4O3/c1-6-9-11(21-4)8-12(22-5)10(7-2)13(9)18-15(20)19-14(16)17-3/h8H,6-7H2,1-5H3,(H4,16,17,18,19,20). The van der Waals surface area contributed by atoms with Gasteiger partial charge in [0, 0.05) is 24.2 Å². The SMILES string of the molecule is CCc1c(OC)cc(OC)c(CC)c1NC(=O)NC(=N)NC. The second kappa shape index (κ2) is 8.11. The fourth-order valence-corrected chi connectivity index (χ4v) is 2.26. The molecule has 4 N–H and O–H groups in total. The number of urea groups is 1. The van der Waals surface area contributed by atoms with Gasteiger partial charge in [-0.25, -0.2) is 4.79 Å². The van der Waals surface area contributed by atoms with Gasteiger partial charge < -0.3 is 20.1 Å². The first kappa shape index (κ1) is 17.6. The maximum Gasteiger partial charge on any atom is 0.326 e. The molecule has 0 aliphatic rings. The zero-order valence-electron chi connectivity index (χ0n) is 13.7. The van der Waals surface area contributed by atoms with Gasteiger partial charge in [-0.05, 0) is 12.8 Å². The highest BCUT2D eigenvalue weighted by atomic mass is 16.5. The Morgan fingerprint density at radius 1 is 1.14 bits per heavy atom. The monoisotopic (exact) mass is 308 g/mol. The molecule has 1 aromatic rings. The number of carbonyl (C=O) groups is 1. The molecular formula is C15H24N4O3. The summed E-state index contributed by atoms with van der Waals surface area (Å²) in [5, 5.41) is 15.2. The van der Waals surface area contributed by atoms with Crippen LogP contribution in [0, 0.1) is 5.41 Å². The third kappa shape index (κ3) is 3.81. The van der Waals surface area contributed by atoms with E-state index < -0.39 is 6.03 Å². The Morgan fingerprint density at radius 2 is 1.64 bits per heavy atom. The van der Waals surface area contributed by atoms with Crippen LogP contribution in [0.25, 0.3) is 0 Å². The molecule has 122 valence electrons. The number of carbonyl (C=O) groups excluding carboxylic acids is 1. The molecule has 0 aliphatic carbocycles. The number of nitrogens with one attached hydrogen (secondary N) is 4. The molecule has 7 nitrogen and oxygen atoms in total. The zero-order chi connectivity index (χ0) is 16.7. The highest BCUT2D eigenvalue weighted by Crippen LogP contribution is 2.38. The van der Waals surface area contributed by atoms with Gasteiger partial charge in [-0.3, -0.25) is 10.7 Å². The van der Waals surface area contributed by atoms with Crippen LogP contribution in [0.3, 0.4) is 0 Å². The van der Waals surface area contributed by atoms with E-state index in [-0.39, 0.29) is 5.96 Å². The number of amides is 2. The number of methoxy groups -OCH3 is 2. The fourth-order valence-electron chi connectivity index (χ4n) is 2.26. The summed E-state index contributed by atoms with van der Waals surface area (Å²) in [6.45, 7) is 3.98. The molecule has 0 aliphatic heterocycles. The maximum atomic E-state index is 12.0. The van der Waals surface area contributed by atoms with Crippen molar-refractivity contribution >= 4 is 17.7 Å². The number of rotatable bonds is 5. The first-order chi connectivity index (χ1) is 10.5. The fraction of sp³-hybridized carbons (Fsp3) is 0.467. The van der Waals surface area contributed by atoms with E-state index in [0.717, 1.165) is 11.1 Å². The van der Waals surface area contributed by atoms with E-state index in [2.05, 4.69) is 16.0 Å². The number of hydrogen-bond donors (Lipinski definition) is 4. The lowest BCUT2D eigenvalue weighted by molar-refractivity contribution is 0.256. The molecule has 1 rings (SSSR count). The summed E-state index contributed by atoms with van der Waals surface area (Å²) in [4.78, 5) is 12.0. The molecule has 0 unspecified atom stereocenters. The highest BCUT2D eigenvalue weighted by Gasteiger charge is 2.19. The van der Waals surface area contributed by atoms with Crippen LogP contribution in [0.5, 0.6) is 11.5 Å². The van der Waals surface area contributed by atoms with Crippen LogP contribution in [0.1, 0.15) is 25.0 Å². The zero-order valence-corrected chi connectivity index (χ0v) is 13.7. The molecule has 0 radical (unpaired) electrons. The maximum absolute atomic E-state index is 12.0. The van der Waals surface area contributed by atoms with Gasteiger partial charge in [-0.1, -0.05) is 13.8 Å². The molecule has 0 fully saturated rings. The molecule has 0 bridgehead atoms. The number of hydrogen-bond acceptors (Lipinski definition) is 4. The van der Waals surface area contributed by atoms with E-state index in [4.69, 9.17) is 14.9 Å². The van der Waals surface area contributed by atoms with Crippen molar-refractivity contribution in [3.05, 3.63) is 17.2 Å². The number of anilines is 1. The Kier molecular flexibility index (Phi) is 6.49. The Morgan fingerprint density at radius 3 is 2.00 bits per heavy atom. The minimum absolute atomic E-state index is 0.0801. The lowest BCUT2D eigenvalue weighted by atomic mass is 10.0. The molecule has 0 spiro atoms. The van der Waals surface area contributed by atoms with Crippen molar-refractivity contribution in [3.63, 3.8) is 0 Å². The molecule has 22 heavy (non-hydrogen) atoms. The van der Waals surface area contributed by atoms with Crippen LogP contribution >= 0.6 is 0 Å². The third-order valence-electron chi connectivity index (χ3n) is 3.33. The molecule has 0 atom stereocenters. The predicted molar refractivity (Wildman–Crippen MR) is 87.2 cm³/mol. The average Bonchev–Trinajstić information content (AvgIpc) is 2.53. The van der Waals surface area contributed by atoms with Crippen molar-refractivity contribution in [2.24, 2.45) is 0 Å². The predicted octanol–water partition coefficient (Wildman–Crippen LogP) is 2.10. The topological polar surface area (TPSA) is 95.5 Å². The molecule has 0 heterocycles.